The largest absolute Gasteiger partial charge is 0.345 e. The standard InChI is InChI=1S/C28H24N8O/c1-2-3-6-25(37)34-20-8-18(11-30-13-20)19-9-21-23(15-33-27(21)32-12-19)28-35-24-16-31-14-22(26(24)36-28)17-5-4-7-29-10-17/h4-5,7-16H,2-3,6H2,1H3,(H,32,33)(H,34,37)(H,35,36). The molecule has 0 atom stereocenters. The Kier molecular flexibility index (Phi) is 5.86. The van der Waals surface area contributed by atoms with Gasteiger partial charge in [0.2, 0.25) is 5.91 Å². The third kappa shape index (κ3) is 4.42. The van der Waals surface area contributed by atoms with E-state index in [1.165, 1.54) is 0 Å². The fourth-order valence-corrected chi connectivity index (χ4v) is 4.38. The summed E-state index contributed by atoms with van der Waals surface area (Å²) < 4.78 is 0. The second kappa shape index (κ2) is 9.62. The minimum absolute atomic E-state index is 0.00711. The van der Waals surface area contributed by atoms with Gasteiger partial charge in [0.05, 0.1) is 29.1 Å². The monoisotopic (exact) mass is 488 g/mol. The number of imidazole rings is 1. The molecule has 0 saturated heterocycles. The first-order chi connectivity index (χ1) is 18.2. The summed E-state index contributed by atoms with van der Waals surface area (Å²) >= 11 is 0. The summed E-state index contributed by atoms with van der Waals surface area (Å²) in [6.45, 7) is 2.07. The van der Waals surface area contributed by atoms with E-state index in [0.29, 0.717) is 17.9 Å². The smallest absolute Gasteiger partial charge is 0.224 e. The van der Waals surface area contributed by atoms with E-state index in [4.69, 9.17) is 4.98 Å². The van der Waals surface area contributed by atoms with E-state index >= 15 is 0 Å². The van der Waals surface area contributed by atoms with E-state index in [9.17, 15) is 4.79 Å². The summed E-state index contributed by atoms with van der Waals surface area (Å²) in [5.41, 5.74) is 7.60. The van der Waals surface area contributed by atoms with Crippen LogP contribution in [0.25, 0.3) is 55.7 Å². The van der Waals surface area contributed by atoms with Gasteiger partial charge in [0.15, 0.2) is 0 Å². The third-order valence-corrected chi connectivity index (χ3v) is 6.27. The van der Waals surface area contributed by atoms with Gasteiger partial charge in [0, 0.05) is 76.8 Å². The number of rotatable bonds is 7. The summed E-state index contributed by atoms with van der Waals surface area (Å²) in [5, 5.41) is 3.86. The Morgan fingerprint density at radius 1 is 0.946 bits per heavy atom. The summed E-state index contributed by atoms with van der Waals surface area (Å²) in [4.78, 5) is 41.3. The highest BCUT2D eigenvalue weighted by Crippen LogP contribution is 2.33. The third-order valence-electron chi connectivity index (χ3n) is 6.27. The lowest BCUT2D eigenvalue weighted by atomic mass is 10.1. The SMILES string of the molecule is CCCCC(=O)Nc1cncc(-c2cnc3[nH]cc(-c4nc5c(-c6cccnc6)cncc5[nH]4)c3c2)c1. The summed E-state index contributed by atoms with van der Waals surface area (Å²) in [6, 6.07) is 7.86. The number of carbonyl (C=O) groups excluding carboxylic acids is 1. The second-order valence-corrected chi connectivity index (χ2v) is 8.85. The minimum atomic E-state index is -0.00711. The molecule has 182 valence electrons. The molecule has 9 heteroatoms. The normalized spacial score (nSPS) is 11.3. The fourth-order valence-electron chi connectivity index (χ4n) is 4.38. The van der Waals surface area contributed by atoms with Crippen LogP contribution in [0.5, 0.6) is 0 Å². The lowest BCUT2D eigenvalue weighted by molar-refractivity contribution is -0.116. The lowest BCUT2D eigenvalue weighted by Crippen LogP contribution is -2.11. The van der Waals surface area contributed by atoms with Gasteiger partial charge in [-0.1, -0.05) is 19.4 Å². The van der Waals surface area contributed by atoms with Crippen molar-refractivity contribution in [2.24, 2.45) is 0 Å². The van der Waals surface area contributed by atoms with E-state index in [2.05, 4.69) is 48.2 Å². The Morgan fingerprint density at radius 2 is 1.81 bits per heavy atom. The number of anilines is 1. The van der Waals surface area contributed by atoms with Crippen LogP contribution in [-0.4, -0.2) is 40.8 Å². The Bertz CT molecular complexity index is 1720. The molecule has 0 aliphatic rings. The average molecular weight is 489 g/mol. The molecule has 0 spiro atoms. The predicted octanol–water partition coefficient (Wildman–Crippen LogP) is 5.75. The van der Waals surface area contributed by atoms with E-state index in [1.54, 1.807) is 43.4 Å². The molecule has 0 aromatic carbocycles. The zero-order valence-corrected chi connectivity index (χ0v) is 20.2. The van der Waals surface area contributed by atoms with E-state index in [0.717, 1.165) is 62.7 Å². The zero-order chi connectivity index (χ0) is 25.2. The van der Waals surface area contributed by atoms with Crippen LogP contribution in [0, 0.1) is 0 Å². The molecule has 9 nitrogen and oxygen atoms in total. The number of nitrogens with one attached hydrogen (secondary N) is 3. The van der Waals surface area contributed by atoms with Crippen molar-refractivity contribution in [1.82, 2.24) is 34.9 Å². The predicted molar refractivity (Wildman–Crippen MR) is 144 cm³/mol. The molecule has 1 amide bonds. The number of pyridine rings is 4. The van der Waals surface area contributed by atoms with Crippen LogP contribution >= 0.6 is 0 Å². The lowest BCUT2D eigenvalue weighted by Gasteiger charge is -2.07. The van der Waals surface area contributed by atoms with Crippen LogP contribution in [0.15, 0.2) is 73.8 Å². The summed E-state index contributed by atoms with van der Waals surface area (Å²) in [6.07, 6.45) is 16.6. The van der Waals surface area contributed by atoms with E-state index in [-0.39, 0.29) is 5.91 Å². The summed E-state index contributed by atoms with van der Waals surface area (Å²) in [5.74, 6) is 0.709. The van der Waals surface area contributed by atoms with E-state index in [1.807, 2.05) is 24.4 Å². The molecule has 0 unspecified atom stereocenters. The van der Waals surface area contributed by atoms with Crippen LogP contribution in [0.4, 0.5) is 5.69 Å². The first-order valence-electron chi connectivity index (χ1n) is 12.2. The maximum atomic E-state index is 12.2. The number of nitrogens with zero attached hydrogens (tertiary/aromatic N) is 5. The highest BCUT2D eigenvalue weighted by molar-refractivity contribution is 5.98. The maximum Gasteiger partial charge on any atom is 0.224 e. The highest BCUT2D eigenvalue weighted by Gasteiger charge is 2.16. The van der Waals surface area contributed by atoms with E-state index < -0.39 is 0 Å². The van der Waals surface area contributed by atoms with Gasteiger partial charge in [0.1, 0.15) is 11.5 Å². The van der Waals surface area contributed by atoms with Crippen molar-refractivity contribution in [3.05, 3.63) is 73.8 Å². The molecule has 6 aromatic heterocycles. The molecule has 0 bridgehead atoms. The van der Waals surface area contributed by atoms with Gasteiger partial charge < -0.3 is 15.3 Å². The van der Waals surface area contributed by atoms with Crippen molar-refractivity contribution in [1.29, 1.82) is 0 Å². The van der Waals surface area contributed by atoms with Crippen LogP contribution in [-0.2, 0) is 4.79 Å². The fraction of sp³-hybridized carbons (Fsp3) is 0.143. The zero-order valence-electron chi connectivity index (χ0n) is 20.2. The quantitative estimate of drug-likeness (QED) is 0.263. The Labute approximate surface area is 212 Å². The molecule has 0 aliphatic carbocycles. The van der Waals surface area contributed by atoms with Crippen molar-refractivity contribution < 1.29 is 4.79 Å². The number of aromatic nitrogens is 7. The number of amides is 1. The molecule has 37 heavy (non-hydrogen) atoms. The Morgan fingerprint density at radius 3 is 2.68 bits per heavy atom. The molecule has 0 radical (unpaired) electrons. The highest BCUT2D eigenvalue weighted by atomic mass is 16.1. The molecule has 6 heterocycles. The number of unbranched alkanes of at least 4 members (excludes halogenated alkanes) is 1. The molecule has 0 saturated carbocycles. The van der Waals surface area contributed by atoms with Crippen molar-refractivity contribution in [3.63, 3.8) is 0 Å². The van der Waals surface area contributed by atoms with Crippen molar-refractivity contribution in [3.8, 4) is 33.6 Å². The molecule has 3 N–H and O–H groups in total. The van der Waals surface area contributed by atoms with Gasteiger partial charge in [-0.3, -0.25) is 19.7 Å². The molecule has 0 fully saturated rings. The van der Waals surface area contributed by atoms with Crippen molar-refractivity contribution in [2.45, 2.75) is 26.2 Å². The second-order valence-electron chi connectivity index (χ2n) is 8.85. The van der Waals surface area contributed by atoms with Crippen LogP contribution in [0.1, 0.15) is 26.2 Å². The van der Waals surface area contributed by atoms with Gasteiger partial charge >= 0.3 is 0 Å². The number of carbonyl (C=O) groups is 1. The van der Waals surface area contributed by atoms with Gasteiger partial charge in [-0.2, -0.15) is 0 Å². The van der Waals surface area contributed by atoms with Crippen LogP contribution in [0.2, 0.25) is 0 Å². The topological polar surface area (TPSA) is 125 Å². The number of aromatic amines is 2. The summed E-state index contributed by atoms with van der Waals surface area (Å²) in [7, 11) is 0. The number of H-pyrrole nitrogens is 2. The first-order valence-corrected chi connectivity index (χ1v) is 12.2. The molecule has 6 aromatic rings. The molecule has 6 rings (SSSR count). The van der Waals surface area contributed by atoms with Crippen LogP contribution < -0.4 is 5.32 Å². The number of hydrogen-bond acceptors (Lipinski definition) is 6. The van der Waals surface area contributed by atoms with Crippen molar-refractivity contribution in [2.75, 3.05) is 5.32 Å². The van der Waals surface area contributed by atoms with Gasteiger partial charge in [-0.05, 0) is 24.6 Å². The molecular formula is C28H24N8O. The van der Waals surface area contributed by atoms with Crippen LogP contribution in [0.3, 0.4) is 0 Å². The Hall–Kier alpha value is -4.92. The molecule has 0 aliphatic heterocycles. The van der Waals surface area contributed by atoms with Gasteiger partial charge in [0.25, 0.3) is 0 Å². The maximum absolute atomic E-state index is 12.2. The van der Waals surface area contributed by atoms with Crippen molar-refractivity contribution >= 4 is 33.7 Å². The number of hydrogen-bond donors (Lipinski definition) is 3. The van der Waals surface area contributed by atoms with Gasteiger partial charge in [-0.15, -0.1) is 0 Å². The number of fused-ring (bicyclic) bond motifs is 2. The Balaban J connectivity index is 1.37. The first kappa shape index (κ1) is 22.5. The van der Waals surface area contributed by atoms with Gasteiger partial charge in [-0.25, -0.2) is 9.97 Å². The minimum Gasteiger partial charge on any atom is -0.345 e. The molecular weight excluding hydrogens is 464 g/mol. The average Bonchev–Trinajstić information content (AvgIpc) is 3.56.